The van der Waals surface area contributed by atoms with Crippen molar-refractivity contribution in [3.63, 3.8) is 0 Å². The van der Waals surface area contributed by atoms with E-state index < -0.39 is 0 Å². The molecule has 9 aromatic rings. The SMILES string of the molecule is Cc1cc(C)c(-c2ccnc(-n3c4ccccc4c4ccc(Oc5cccc(N6CN(c7cccc(-c8cc(C)nc(C)c8)c7)c7ccccc76)c5)cc43)c2)c(C)c1. The van der Waals surface area contributed by atoms with Crippen LogP contribution in [0.4, 0.5) is 22.7 Å². The van der Waals surface area contributed by atoms with E-state index in [1.165, 1.54) is 38.8 Å². The average Bonchev–Trinajstić information content (AvgIpc) is 3.77. The van der Waals surface area contributed by atoms with Crippen molar-refractivity contribution in [1.29, 1.82) is 0 Å². The first-order chi connectivity index (χ1) is 28.3. The molecule has 3 aromatic heterocycles. The summed E-state index contributed by atoms with van der Waals surface area (Å²) in [6, 6.07) is 53.9. The van der Waals surface area contributed by atoms with Gasteiger partial charge in [0.1, 0.15) is 24.0 Å². The summed E-state index contributed by atoms with van der Waals surface area (Å²) in [6.07, 6.45) is 1.92. The Morgan fingerprint density at radius 1 is 0.500 bits per heavy atom. The van der Waals surface area contributed by atoms with E-state index >= 15 is 0 Å². The van der Waals surface area contributed by atoms with Crippen LogP contribution in [0.2, 0.25) is 0 Å². The van der Waals surface area contributed by atoms with Gasteiger partial charge < -0.3 is 14.5 Å². The van der Waals surface area contributed by atoms with Gasteiger partial charge in [-0.05, 0) is 147 Å². The summed E-state index contributed by atoms with van der Waals surface area (Å²) in [7, 11) is 0. The Labute approximate surface area is 339 Å². The monoisotopic (exact) mass is 753 g/mol. The molecule has 10 rings (SSSR count). The normalized spacial score (nSPS) is 12.4. The van der Waals surface area contributed by atoms with Crippen LogP contribution in [-0.4, -0.2) is 21.2 Å². The van der Waals surface area contributed by atoms with Crippen LogP contribution in [0.3, 0.4) is 0 Å². The second kappa shape index (κ2) is 14.1. The predicted octanol–water partition coefficient (Wildman–Crippen LogP) is 13.5. The van der Waals surface area contributed by atoms with E-state index in [0.717, 1.165) is 73.4 Å². The number of aromatic nitrogens is 3. The van der Waals surface area contributed by atoms with Crippen molar-refractivity contribution < 1.29 is 4.74 Å². The van der Waals surface area contributed by atoms with Crippen molar-refractivity contribution in [2.75, 3.05) is 16.5 Å². The Balaban J connectivity index is 0.987. The summed E-state index contributed by atoms with van der Waals surface area (Å²) < 4.78 is 8.98. The molecule has 1 aliphatic rings. The molecule has 0 unspecified atom stereocenters. The van der Waals surface area contributed by atoms with Gasteiger partial charge in [-0.15, -0.1) is 0 Å². The average molecular weight is 754 g/mol. The van der Waals surface area contributed by atoms with Crippen LogP contribution >= 0.6 is 0 Å². The van der Waals surface area contributed by atoms with E-state index in [1.807, 2.05) is 12.3 Å². The molecule has 282 valence electrons. The lowest BCUT2D eigenvalue weighted by atomic mass is 9.94. The Morgan fingerprint density at radius 3 is 1.91 bits per heavy atom. The Hall–Kier alpha value is -7.18. The number of rotatable bonds is 7. The molecule has 0 fully saturated rings. The first-order valence-corrected chi connectivity index (χ1v) is 19.8. The summed E-state index contributed by atoms with van der Waals surface area (Å²) in [4.78, 5) is 14.3. The summed E-state index contributed by atoms with van der Waals surface area (Å²) >= 11 is 0. The predicted molar refractivity (Wildman–Crippen MR) is 239 cm³/mol. The van der Waals surface area contributed by atoms with E-state index in [2.05, 4.69) is 200 Å². The van der Waals surface area contributed by atoms with Gasteiger partial charge in [0.2, 0.25) is 0 Å². The minimum atomic E-state index is 0.667. The Kier molecular flexibility index (Phi) is 8.56. The second-order valence-corrected chi connectivity index (χ2v) is 15.5. The molecular formula is C52H43N5O. The maximum absolute atomic E-state index is 6.71. The number of fused-ring (bicyclic) bond motifs is 4. The third kappa shape index (κ3) is 6.23. The van der Waals surface area contributed by atoms with Crippen molar-refractivity contribution in [2.24, 2.45) is 0 Å². The van der Waals surface area contributed by atoms with Gasteiger partial charge in [-0.1, -0.05) is 66.2 Å². The maximum Gasteiger partial charge on any atom is 0.138 e. The minimum Gasteiger partial charge on any atom is -0.457 e. The molecule has 4 heterocycles. The number of aryl methyl sites for hydroxylation is 5. The lowest BCUT2D eigenvalue weighted by Crippen LogP contribution is -2.23. The lowest BCUT2D eigenvalue weighted by Gasteiger charge is -2.23. The first-order valence-electron chi connectivity index (χ1n) is 19.8. The topological polar surface area (TPSA) is 46.4 Å². The molecule has 0 N–H and O–H groups in total. The molecule has 0 atom stereocenters. The lowest BCUT2D eigenvalue weighted by molar-refractivity contribution is 0.483. The van der Waals surface area contributed by atoms with Crippen LogP contribution in [0.25, 0.3) is 49.9 Å². The molecule has 6 heteroatoms. The third-order valence-electron chi connectivity index (χ3n) is 11.3. The highest BCUT2D eigenvalue weighted by molar-refractivity contribution is 6.09. The largest absolute Gasteiger partial charge is 0.457 e. The highest BCUT2D eigenvalue weighted by Crippen LogP contribution is 2.45. The van der Waals surface area contributed by atoms with Gasteiger partial charge >= 0.3 is 0 Å². The maximum atomic E-state index is 6.71. The summed E-state index contributed by atoms with van der Waals surface area (Å²) in [5.41, 5.74) is 17.3. The molecule has 6 aromatic carbocycles. The molecule has 0 saturated carbocycles. The van der Waals surface area contributed by atoms with Crippen molar-refractivity contribution >= 4 is 44.6 Å². The minimum absolute atomic E-state index is 0.667. The van der Waals surface area contributed by atoms with Crippen LogP contribution < -0.4 is 14.5 Å². The fourth-order valence-electron chi connectivity index (χ4n) is 8.95. The van der Waals surface area contributed by atoms with Crippen LogP contribution in [0.5, 0.6) is 11.5 Å². The van der Waals surface area contributed by atoms with Crippen LogP contribution in [0.15, 0.2) is 158 Å². The molecule has 1 aliphatic heterocycles. The fourth-order valence-corrected chi connectivity index (χ4v) is 8.95. The molecule has 0 radical (unpaired) electrons. The van der Waals surface area contributed by atoms with Crippen LogP contribution in [0, 0.1) is 34.6 Å². The highest BCUT2D eigenvalue weighted by Gasteiger charge is 2.28. The van der Waals surface area contributed by atoms with Crippen molar-refractivity contribution in [3.05, 3.63) is 186 Å². The number of hydrogen-bond donors (Lipinski definition) is 0. The zero-order valence-electron chi connectivity index (χ0n) is 33.4. The van der Waals surface area contributed by atoms with Gasteiger partial charge in [-0.25, -0.2) is 4.98 Å². The molecular weight excluding hydrogens is 711 g/mol. The third-order valence-corrected chi connectivity index (χ3v) is 11.3. The fraction of sp³-hybridized carbons (Fsp3) is 0.115. The van der Waals surface area contributed by atoms with E-state index in [9.17, 15) is 0 Å². The molecule has 0 saturated heterocycles. The molecule has 0 aliphatic carbocycles. The van der Waals surface area contributed by atoms with E-state index in [0.29, 0.717) is 6.67 Å². The number of benzene rings is 6. The standard InChI is InChI=1S/C52H43N5O/c1-33-24-34(2)52(35(3)25-33)39-22-23-53-51(29-39)57-47-17-7-6-16-45(47)46-21-20-44(31-50(46)57)58-43-15-11-14-42(30-43)56-32-55(48-18-8-9-19-49(48)56)41-13-10-12-38(28-41)40-26-36(4)54-37(5)27-40/h6-31H,32H2,1-5H3. The highest BCUT2D eigenvalue weighted by atomic mass is 16.5. The zero-order valence-corrected chi connectivity index (χ0v) is 33.4. The first kappa shape index (κ1) is 35.2. The molecule has 0 spiro atoms. The molecule has 0 bridgehead atoms. The number of pyridine rings is 2. The number of anilines is 4. The van der Waals surface area contributed by atoms with Crippen LogP contribution in [-0.2, 0) is 0 Å². The molecule has 6 nitrogen and oxygen atoms in total. The number of para-hydroxylation sites is 3. The Bertz CT molecular complexity index is 3010. The van der Waals surface area contributed by atoms with Gasteiger partial charge in [0.05, 0.1) is 22.4 Å². The Morgan fingerprint density at radius 2 is 1.16 bits per heavy atom. The van der Waals surface area contributed by atoms with Crippen molar-refractivity contribution in [2.45, 2.75) is 34.6 Å². The van der Waals surface area contributed by atoms with Gasteiger partial charge in [-0.2, -0.15) is 0 Å². The van der Waals surface area contributed by atoms with Crippen molar-refractivity contribution in [1.82, 2.24) is 14.5 Å². The van der Waals surface area contributed by atoms with Gasteiger partial charge in [0.25, 0.3) is 0 Å². The summed E-state index contributed by atoms with van der Waals surface area (Å²) in [6.45, 7) is 11.3. The summed E-state index contributed by atoms with van der Waals surface area (Å²) in [5.74, 6) is 2.40. The quantitative estimate of drug-likeness (QED) is 0.162. The van der Waals surface area contributed by atoms with Gasteiger partial charge in [0, 0.05) is 51.9 Å². The number of ether oxygens (including phenoxy) is 1. The van der Waals surface area contributed by atoms with E-state index in [1.54, 1.807) is 0 Å². The van der Waals surface area contributed by atoms with E-state index in [-0.39, 0.29) is 0 Å². The second-order valence-electron chi connectivity index (χ2n) is 15.5. The summed E-state index contributed by atoms with van der Waals surface area (Å²) in [5, 5.41) is 2.33. The van der Waals surface area contributed by atoms with Gasteiger partial charge in [-0.3, -0.25) is 9.55 Å². The molecule has 58 heavy (non-hydrogen) atoms. The van der Waals surface area contributed by atoms with Crippen molar-refractivity contribution in [3.8, 4) is 39.6 Å². The van der Waals surface area contributed by atoms with Crippen LogP contribution in [0.1, 0.15) is 28.1 Å². The zero-order chi connectivity index (χ0) is 39.5. The van der Waals surface area contributed by atoms with E-state index in [4.69, 9.17) is 9.72 Å². The molecule has 0 amide bonds. The number of hydrogen-bond acceptors (Lipinski definition) is 5. The number of nitrogens with zero attached hydrogens (tertiary/aromatic N) is 5. The smallest absolute Gasteiger partial charge is 0.138 e. The van der Waals surface area contributed by atoms with Gasteiger partial charge in [0.15, 0.2) is 0 Å².